The van der Waals surface area contributed by atoms with E-state index in [4.69, 9.17) is 28.8 Å². The number of ether oxygens (including phenoxy) is 5. The van der Waals surface area contributed by atoms with Gasteiger partial charge in [0.2, 0.25) is 17.5 Å². The van der Waals surface area contributed by atoms with Crippen molar-refractivity contribution in [1.82, 2.24) is 4.98 Å². The van der Waals surface area contributed by atoms with E-state index in [2.05, 4.69) is 9.98 Å². The van der Waals surface area contributed by atoms with Crippen molar-refractivity contribution in [2.45, 2.75) is 6.10 Å². The number of nitrogens with zero attached hydrogens (tertiary/aromatic N) is 2. The summed E-state index contributed by atoms with van der Waals surface area (Å²) in [5, 5.41) is 8.86. The molecule has 2 aromatic rings. The summed E-state index contributed by atoms with van der Waals surface area (Å²) >= 11 is 0. The first-order valence-electron chi connectivity index (χ1n) is 8.41. The number of aliphatic imine (C=N–C) groups is 1. The molecular formula is C19H22N2O6. The highest BCUT2D eigenvalue weighted by Gasteiger charge is 2.26. The van der Waals surface area contributed by atoms with E-state index >= 15 is 0 Å². The molecule has 1 atom stereocenters. The normalized spacial score (nSPS) is 15.7. The SMILES string of the molecule is COc1cc(C2CN=C(c3ccnc(OCCO)c3)O2)cc(OC)c1OC. The summed E-state index contributed by atoms with van der Waals surface area (Å²) in [7, 11) is 4.71. The van der Waals surface area contributed by atoms with E-state index in [0.717, 1.165) is 11.1 Å². The summed E-state index contributed by atoms with van der Waals surface area (Å²) in [6, 6.07) is 7.23. The molecule has 2 heterocycles. The van der Waals surface area contributed by atoms with E-state index in [-0.39, 0.29) is 19.3 Å². The van der Waals surface area contributed by atoms with Crippen LogP contribution in [0.15, 0.2) is 35.5 Å². The molecule has 0 radical (unpaired) electrons. The molecule has 0 saturated carbocycles. The van der Waals surface area contributed by atoms with Gasteiger partial charge in [0.15, 0.2) is 11.5 Å². The minimum Gasteiger partial charge on any atom is -0.493 e. The Morgan fingerprint density at radius 1 is 1.11 bits per heavy atom. The molecule has 0 aliphatic carbocycles. The van der Waals surface area contributed by atoms with E-state index < -0.39 is 0 Å². The molecule has 0 amide bonds. The second kappa shape index (κ2) is 8.59. The van der Waals surface area contributed by atoms with Gasteiger partial charge in [-0.05, 0) is 18.2 Å². The van der Waals surface area contributed by atoms with Gasteiger partial charge in [-0.3, -0.25) is 0 Å². The van der Waals surface area contributed by atoms with Crippen LogP contribution in [0.5, 0.6) is 23.1 Å². The average Bonchev–Trinajstić information content (AvgIpc) is 3.21. The lowest BCUT2D eigenvalue weighted by molar-refractivity contribution is 0.196. The second-order valence-corrected chi connectivity index (χ2v) is 5.67. The molecule has 1 unspecified atom stereocenters. The Morgan fingerprint density at radius 2 is 1.85 bits per heavy atom. The standard InChI is InChI=1S/C19H22N2O6/c1-23-14-8-13(9-15(24-2)18(14)25-3)16-11-21-19(27-16)12-4-5-20-17(10-12)26-7-6-22/h4-5,8-10,16,22H,6-7,11H2,1-3H3. The first-order valence-corrected chi connectivity index (χ1v) is 8.41. The predicted molar refractivity (Wildman–Crippen MR) is 98.1 cm³/mol. The maximum Gasteiger partial charge on any atom is 0.217 e. The quantitative estimate of drug-likeness (QED) is 0.755. The van der Waals surface area contributed by atoms with Gasteiger partial charge in [-0.25, -0.2) is 9.98 Å². The predicted octanol–water partition coefficient (Wildman–Crippen LogP) is 2.00. The molecule has 1 aromatic carbocycles. The van der Waals surface area contributed by atoms with Crippen LogP contribution in [0.2, 0.25) is 0 Å². The maximum atomic E-state index is 8.86. The molecule has 1 aliphatic heterocycles. The third-order valence-electron chi connectivity index (χ3n) is 4.04. The molecule has 0 bridgehead atoms. The molecule has 3 rings (SSSR count). The van der Waals surface area contributed by atoms with Crippen molar-refractivity contribution in [2.75, 3.05) is 41.1 Å². The zero-order chi connectivity index (χ0) is 19.2. The summed E-state index contributed by atoms with van der Waals surface area (Å²) in [4.78, 5) is 8.59. The number of aliphatic hydroxyl groups excluding tert-OH is 1. The summed E-state index contributed by atoms with van der Waals surface area (Å²) in [5.74, 6) is 2.57. The molecule has 0 saturated heterocycles. The first-order chi connectivity index (χ1) is 13.2. The van der Waals surface area contributed by atoms with Gasteiger partial charge in [0, 0.05) is 23.4 Å². The van der Waals surface area contributed by atoms with Crippen molar-refractivity contribution < 1.29 is 28.8 Å². The minimum atomic E-state index is -0.274. The van der Waals surface area contributed by atoms with Crippen LogP contribution in [-0.4, -0.2) is 57.1 Å². The fourth-order valence-corrected chi connectivity index (χ4v) is 2.77. The summed E-state index contributed by atoms with van der Waals surface area (Å²) in [6.45, 7) is 0.563. The topological polar surface area (TPSA) is 91.6 Å². The fraction of sp³-hybridized carbons (Fsp3) is 0.368. The smallest absolute Gasteiger partial charge is 0.217 e. The summed E-state index contributed by atoms with van der Waals surface area (Å²) in [5.41, 5.74) is 1.63. The number of benzene rings is 1. The van der Waals surface area contributed by atoms with E-state index in [0.29, 0.717) is 35.6 Å². The first kappa shape index (κ1) is 18.8. The van der Waals surface area contributed by atoms with Crippen molar-refractivity contribution in [3.8, 4) is 23.1 Å². The van der Waals surface area contributed by atoms with Gasteiger partial charge in [-0.15, -0.1) is 0 Å². The van der Waals surface area contributed by atoms with Gasteiger partial charge in [-0.1, -0.05) is 0 Å². The highest BCUT2D eigenvalue weighted by Crippen LogP contribution is 2.41. The minimum absolute atomic E-state index is 0.0768. The number of hydrogen-bond acceptors (Lipinski definition) is 8. The molecule has 0 fully saturated rings. The third kappa shape index (κ3) is 4.06. The number of rotatable bonds is 8. The van der Waals surface area contributed by atoms with Gasteiger partial charge in [-0.2, -0.15) is 0 Å². The van der Waals surface area contributed by atoms with Crippen LogP contribution < -0.4 is 18.9 Å². The van der Waals surface area contributed by atoms with Gasteiger partial charge in [0.25, 0.3) is 0 Å². The van der Waals surface area contributed by atoms with Crippen molar-refractivity contribution in [3.63, 3.8) is 0 Å². The number of hydrogen-bond donors (Lipinski definition) is 1. The fourth-order valence-electron chi connectivity index (χ4n) is 2.77. The van der Waals surface area contributed by atoms with Gasteiger partial charge in [0.05, 0.1) is 34.5 Å². The van der Waals surface area contributed by atoms with Gasteiger partial charge in [0.1, 0.15) is 12.7 Å². The number of aromatic nitrogens is 1. The second-order valence-electron chi connectivity index (χ2n) is 5.67. The number of aliphatic hydroxyl groups is 1. The largest absolute Gasteiger partial charge is 0.493 e. The van der Waals surface area contributed by atoms with Crippen LogP contribution in [0.1, 0.15) is 17.2 Å². The van der Waals surface area contributed by atoms with Crippen molar-refractivity contribution >= 4 is 5.90 Å². The van der Waals surface area contributed by atoms with Crippen LogP contribution in [0.3, 0.4) is 0 Å². The monoisotopic (exact) mass is 374 g/mol. The Bertz CT molecular complexity index is 799. The Kier molecular flexibility index (Phi) is 5.97. The lowest BCUT2D eigenvalue weighted by atomic mass is 10.1. The van der Waals surface area contributed by atoms with E-state index in [1.807, 2.05) is 12.1 Å². The van der Waals surface area contributed by atoms with Crippen LogP contribution in [-0.2, 0) is 4.74 Å². The Labute approximate surface area is 157 Å². The molecule has 8 heteroatoms. The van der Waals surface area contributed by atoms with Gasteiger partial charge >= 0.3 is 0 Å². The zero-order valence-corrected chi connectivity index (χ0v) is 15.5. The Hall–Kier alpha value is -3.00. The van der Waals surface area contributed by atoms with Crippen LogP contribution >= 0.6 is 0 Å². The molecule has 1 aromatic heterocycles. The van der Waals surface area contributed by atoms with Crippen molar-refractivity contribution in [2.24, 2.45) is 4.99 Å². The molecule has 0 spiro atoms. The molecule has 1 N–H and O–H groups in total. The summed E-state index contributed by atoms with van der Waals surface area (Å²) in [6.07, 6.45) is 1.34. The highest BCUT2D eigenvalue weighted by atomic mass is 16.5. The Balaban J connectivity index is 1.79. The lowest BCUT2D eigenvalue weighted by Crippen LogP contribution is -2.08. The average molecular weight is 374 g/mol. The van der Waals surface area contributed by atoms with Crippen LogP contribution in [0.4, 0.5) is 0 Å². The van der Waals surface area contributed by atoms with Crippen LogP contribution in [0, 0.1) is 0 Å². The van der Waals surface area contributed by atoms with E-state index in [1.165, 1.54) is 0 Å². The molecular weight excluding hydrogens is 352 g/mol. The molecule has 144 valence electrons. The maximum absolute atomic E-state index is 8.86. The molecule has 1 aliphatic rings. The van der Waals surface area contributed by atoms with Crippen molar-refractivity contribution in [1.29, 1.82) is 0 Å². The molecule has 27 heavy (non-hydrogen) atoms. The van der Waals surface area contributed by atoms with Crippen LogP contribution in [0.25, 0.3) is 0 Å². The van der Waals surface area contributed by atoms with Crippen molar-refractivity contribution in [3.05, 3.63) is 41.6 Å². The molecule has 8 nitrogen and oxygen atoms in total. The number of methoxy groups -OCH3 is 3. The Morgan fingerprint density at radius 3 is 2.48 bits per heavy atom. The third-order valence-corrected chi connectivity index (χ3v) is 4.04. The lowest BCUT2D eigenvalue weighted by Gasteiger charge is -2.17. The van der Waals surface area contributed by atoms with E-state index in [9.17, 15) is 0 Å². The van der Waals surface area contributed by atoms with Gasteiger partial charge < -0.3 is 28.8 Å². The zero-order valence-electron chi connectivity index (χ0n) is 15.5. The number of pyridine rings is 1. The van der Waals surface area contributed by atoms with E-state index in [1.54, 1.807) is 39.7 Å². The summed E-state index contributed by atoms with van der Waals surface area (Å²) < 4.78 is 27.5. The highest BCUT2D eigenvalue weighted by molar-refractivity contribution is 5.95.